The predicted octanol–water partition coefficient (Wildman–Crippen LogP) is 1.01. The molecule has 2 saturated heterocycles. The van der Waals surface area contributed by atoms with Gasteiger partial charge in [-0.1, -0.05) is 18.2 Å². The van der Waals surface area contributed by atoms with Gasteiger partial charge in [0.15, 0.2) is 5.78 Å². The van der Waals surface area contributed by atoms with Crippen LogP contribution in [0.15, 0.2) is 53.7 Å². The molecule has 0 saturated carbocycles. The number of pyridine rings is 1. The van der Waals surface area contributed by atoms with E-state index in [4.69, 9.17) is 4.74 Å². The average Bonchev–Trinajstić information content (AvgIpc) is 3.14. The van der Waals surface area contributed by atoms with Crippen molar-refractivity contribution >= 4 is 27.5 Å². The van der Waals surface area contributed by atoms with Crippen molar-refractivity contribution in [3.05, 3.63) is 59.9 Å². The van der Waals surface area contributed by atoms with Gasteiger partial charge in [-0.2, -0.15) is 0 Å². The highest BCUT2D eigenvalue weighted by Gasteiger charge is 2.51. The molecule has 11 heteroatoms. The van der Waals surface area contributed by atoms with Crippen molar-refractivity contribution in [1.29, 1.82) is 0 Å². The number of aromatic nitrogens is 1. The second-order valence-electron chi connectivity index (χ2n) is 9.06. The van der Waals surface area contributed by atoms with Crippen LogP contribution < -0.4 is 0 Å². The zero-order valence-corrected chi connectivity index (χ0v) is 21.2. The number of sulfonamides is 1. The molecule has 192 valence electrons. The van der Waals surface area contributed by atoms with Crippen LogP contribution in [0, 0.1) is 5.92 Å². The number of hydrogen-bond acceptors (Lipinski definition) is 8. The number of carbonyl (C=O) groups is 3. The van der Waals surface area contributed by atoms with Crippen molar-refractivity contribution in [3.8, 4) is 0 Å². The van der Waals surface area contributed by atoms with E-state index >= 15 is 0 Å². The number of Topliss-reactive ketones (excluding diaryl/α,β-unsaturated/α-hetero) is 2. The number of benzene rings is 1. The summed E-state index contributed by atoms with van der Waals surface area (Å²) in [5, 5.41) is 0. The summed E-state index contributed by atoms with van der Waals surface area (Å²) in [6.07, 6.45) is 3.80. The molecule has 2 atom stereocenters. The molecule has 1 aromatic heterocycles. The molecule has 36 heavy (non-hydrogen) atoms. The molecule has 0 radical (unpaired) electrons. The van der Waals surface area contributed by atoms with Crippen molar-refractivity contribution in [2.45, 2.75) is 17.4 Å². The Hall–Kier alpha value is -2.99. The van der Waals surface area contributed by atoms with Crippen molar-refractivity contribution in [3.63, 3.8) is 0 Å². The Morgan fingerprint density at radius 1 is 1.08 bits per heavy atom. The number of rotatable bonds is 9. The fourth-order valence-electron chi connectivity index (χ4n) is 4.62. The van der Waals surface area contributed by atoms with Crippen LogP contribution in [-0.4, -0.2) is 98.5 Å². The third-order valence-corrected chi connectivity index (χ3v) is 8.44. The first-order chi connectivity index (χ1) is 17.2. The highest BCUT2D eigenvalue weighted by molar-refractivity contribution is 7.89. The van der Waals surface area contributed by atoms with Crippen LogP contribution >= 0.6 is 0 Å². The molecule has 0 spiro atoms. The first kappa shape index (κ1) is 26.1. The molecular weight excluding hydrogens is 484 g/mol. The summed E-state index contributed by atoms with van der Waals surface area (Å²) in [6, 6.07) is 8.13. The van der Waals surface area contributed by atoms with E-state index in [2.05, 4.69) is 9.88 Å². The van der Waals surface area contributed by atoms with Gasteiger partial charge in [-0.3, -0.25) is 24.3 Å². The van der Waals surface area contributed by atoms with Crippen molar-refractivity contribution in [2.75, 3.05) is 53.5 Å². The predicted molar refractivity (Wildman–Crippen MR) is 131 cm³/mol. The van der Waals surface area contributed by atoms with Crippen LogP contribution in [0.4, 0.5) is 0 Å². The Morgan fingerprint density at radius 2 is 1.78 bits per heavy atom. The zero-order valence-electron chi connectivity index (χ0n) is 20.4. The van der Waals surface area contributed by atoms with Gasteiger partial charge in [0.25, 0.3) is 5.91 Å². The Bertz CT molecular complexity index is 1210. The van der Waals surface area contributed by atoms with Gasteiger partial charge in [-0.25, -0.2) is 12.7 Å². The van der Waals surface area contributed by atoms with E-state index < -0.39 is 39.5 Å². The third-order valence-electron chi connectivity index (χ3n) is 6.61. The zero-order chi connectivity index (χ0) is 25.9. The molecule has 2 fully saturated rings. The number of morpholine rings is 1. The SMILES string of the molecule is CN(C)S(=O)(=O)c1ccc(C(=O)C2C(=O)C(=O)N(CCCN3CCOCC3)C2c2cccnc2)cc1. The molecule has 4 rings (SSSR count). The van der Waals surface area contributed by atoms with Crippen LogP contribution in [0.25, 0.3) is 0 Å². The number of ketones is 2. The first-order valence-corrected chi connectivity index (χ1v) is 13.3. The Labute approximate surface area is 210 Å². The van der Waals surface area contributed by atoms with Crippen LogP contribution in [0.1, 0.15) is 28.4 Å². The van der Waals surface area contributed by atoms with E-state index in [1.54, 1.807) is 24.5 Å². The second kappa shape index (κ2) is 11.0. The Kier molecular flexibility index (Phi) is 7.94. The van der Waals surface area contributed by atoms with Gasteiger partial charge in [-0.05, 0) is 30.2 Å². The smallest absolute Gasteiger partial charge is 0.291 e. The summed E-state index contributed by atoms with van der Waals surface area (Å²) in [7, 11) is -0.828. The van der Waals surface area contributed by atoms with Crippen LogP contribution in [-0.2, 0) is 24.3 Å². The first-order valence-electron chi connectivity index (χ1n) is 11.8. The molecule has 2 aliphatic rings. The minimum atomic E-state index is -3.67. The Morgan fingerprint density at radius 3 is 2.39 bits per heavy atom. The fraction of sp³-hybridized carbons (Fsp3) is 0.440. The molecule has 2 unspecified atom stereocenters. The van der Waals surface area contributed by atoms with E-state index in [0.29, 0.717) is 31.7 Å². The molecule has 2 aromatic rings. The number of likely N-dealkylation sites (tertiary alicyclic amines) is 1. The summed E-state index contributed by atoms with van der Waals surface area (Å²) < 4.78 is 31.2. The van der Waals surface area contributed by atoms with Gasteiger partial charge in [0.2, 0.25) is 15.8 Å². The maximum absolute atomic E-state index is 13.5. The second-order valence-corrected chi connectivity index (χ2v) is 11.2. The highest BCUT2D eigenvalue weighted by Crippen LogP contribution is 2.38. The van der Waals surface area contributed by atoms with Gasteiger partial charge < -0.3 is 9.64 Å². The van der Waals surface area contributed by atoms with E-state index in [1.807, 2.05) is 0 Å². The van der Waals surface area contributed by atoms with Crippen LogP contribution in [0.2, 0.25) is 0 Å². The number of carbonyl (C=O) groups excluding carboxylic acids is 3. The Balaban J connectivity index is 1.59. The van der Waals surface area contributed by atoms with Gasteiger partial charge in [-0.15, -0.1) is 0 Å². The molecule has 0 N–H and O–H groups in total. The van der Waals surface area contributed by atoms with E-state index in [0.717, 1.165) is 23.9 Å². The lowest BCUT2D eigenvalue weighted by Crippen LogP contribution is -2.39. The molecule has 10 nitrogen and oxygen atoms in total. The summed E-state index contributed by atoms with van der Waals surface area (Å²) in [5.74, 6) is -3.20. The lowest BCUT2D eigenvalue weighted by atomic mass is 9.87. The minimum Gasteiger partial charge on any atom is -0.379 e. The number of amides is 1. The molecule has 1 aromatic carbocycles. The maximum Gasteiger partial charge on any atom is 0.291 e. The molecule has 0 aliphatic carbocycles. The quantitative estimate of drug-likeness (QED) is 0.276. The third kappa shape index (κ3) is 5.24. The maximum atomic E-state index is 13.5. The standard InChI is InChI=1S/C25H30N4O6S/c1-27(2)36(33,34)20-8-6-18(7-9-20)23(30)21-22(19-5-3-10-26-17-19)29(25(32)24(21)31)12-4-11-28-13-15-35-16-14-28/h3,5-10,17,21-22H,4,11-16H2,1-2H3. The van der Waals surface area contributed by atoms with Gasteiger partial charge in [0.1, 0.15) is 5.92 Å². The monoisotopic (exact) mass is 514 g/mol. The van der Waals surface area contributed by atoms with Crippen LogP contribution in [0.3, 0.4) is 0 Å². The summed E-state index contributed by atoms with van der Waals surface area (Å²) >= 11 is 0. The summed E-state index contributed by atoms with van der Waals surface area (Å²) in [4.78, 5) is 47.6. The number of ether oxygens (including phenoxy) is 1. The average molecular weight is 515 g/mol. The van der Waals surface area contributed by atoms with Gasteiger partial charge >= 0.3 is 0 Å². The molecular formula is C25H30N4O6S. The molecule has 3 heterocycles. The summed E-state index contributed by atoms with van der Waals surface area (Å²) in [5.41, 5.74) is 0.774. The molecule has 0 bridgehead atoms. The largest absolute Gasteiger partial charge is 0.379 e. The lowest BCUT2D eigenvalue weighted by molar-refractivity contribution is -0.140. The number of nitrogens with zero attached hydrogens (tertiary/aromatic N) is 4. The summed E-state index contributed by atoms with van der Waals surface area (Å²) in [6.45, 7) is 4.06. The molecule has 1 amide bonds. The lowest BCUT2D eigenvalue weighted by Gasteiger charge is -2.30. The number of hydrogen-bond donors (Lipinski definition) is 0. The normalized spacial score (nSPS) is 21.4. The van der Waals surface area contributed by atoms with Crippen molar-refractivity contribution < 1.29 is 27.5 Å². The molecule has 2 aliphatic heterocycles. The highest BCUT2D eigenvalue weighted by atomic mass is 32.2. The topological polar surface area (TPSA) is 117 Å². The minimum absolute atomic E-state index is 0.0337. The van der Waals surface area contributed by atoms with Gasteiger partial charge in [0, 0.05) is 58.2 Å². The van der Waals surface area contributed by atoms with E-state index in [-0.39, 0.29) is 10.5 Å². The van der Waals surface area contributed by atoms with E-state index in [1.165, 1.54) is 43.3 Å². The fourth-order valence-corrected chi connectivity index (χ4v) is 5.52. The van der Waals surface area contributed by atoms with Gasteiger partial charge in [0.05, 0.1) is 24.2 Å². The van der Waals surface area contributed by atoms with Crippen molar-refractivity contribution in [2.24, 2.45) is 5.92 Å². The van der Waals surface area contributed by atoms with E-state index in [9.17, 15) is 22.8 Å². The van der Waals surface area contributed by atoms with Crippen molar-refractivity contribution in [1.82, 2.24) is 19.1 Å². The van der Waals surface area contributed by atoms with Crippen LogP contribution in [0.5, 0.6) is 0 Å².